The number of hydrogen-bond donors (Lipinski definition) is 0. The summed E-state index contributed by atoms with van der Waals surface area (Å²) in [5.41, 5.74) is 3.58. The molecule has 3 aromatic rings. The lowest BCUT2D eigenvalue weighted by Crippen LogP contribution is -2.47. The SMILES string of the molecule is Cc1ccccc1-c1nn(CN2CCN(c3ccncc3)CC2)c(=S)n1C. The third-order valence-corrected chi connectivity index (χ3v) is 5.65. The van der Waals surface area contributed by atoms with Crippen molar-refractivity contribution in [2.45, 2.75) is 13.6 Å². The van der Waals surface area contributed by atoms with Gasteiger partial charge in [-0.25, -0.2) is 4.68 Å². The van der Waals surface area contributed by atoms with Crippen LogP contribution in [0.2, 0.25) is 0 Å². The summed E-state index contributed by atoms with van der Waals surface area (Å²) in [4.78, 5) is 8.90. The maximum Gasteiger partial charge on any atom is 0.199 e. The topological polar surface area (TPSA) is 42.1 Å². The van der Waals surface area contributed by atoms with Gasteiger partial charge in [0, 0.05) is 56.9 Å². The Hall–Kier alpha value is -2.51. The van der Waals surface area contributed by atoms with Gasteiger partial charge in [0.2, 0.25) is 0 Å². The van der Waals surface area contributed by atoms with E-state index in [9.17, 15) is 0 Å². The Morgan fingerprint density at radius 1 is 1.00 bits per heavy atom. The predicted molar refractivity (Wildman–Crippen MR) is 110 cm³/mol. The number of anilines is 1. The molecular formula is C20H24N6S. The molecule has 7 heteroatoms. The van der Waals surface area contributed by atoms with E-state index < -0.39 is 0 Å². The highest BCUT2D eigenvalue weighted by Crippen LogP contribution is 2.21. The van der Waals surface area contributed by atoms with Crippen LogP contribution in [0.5, 0.6) is 0 Å². The molecular weight excluding hydrogens is 356 g/mol. The smallest absolute Gasteiger partial charge is 0.199 e. The van der Waals surface area contributed by atoms with Gasteiger partial charge in [-0.1, -0.05) is 24.3 Å². The summed E-state index contributed by atoms with van der Waals surface area (Å²) in [6.07, 6.45) is 3.70. The molecule has 3 heterocycles. The average molecular weight is 381 g/mol. The molecule has 2 aromatic heterocycles. The molecule has 1 aliphatic rings. The molecule has 1 saturated heterocycles. The first-order chi connectivity index (χ1) is 13.1. The molecule has 0 bridgehead atoms. The van der Waals surface area contributed by atoms with E-state index >= 15 is 0 Å². The second kappa shape index (κ2) is 7.62. The van der Waals surface area contributed by atoms with E-state index in [1.54, 1.807) is 0 Å². The molecule has 0 amide bonds. The van der Waals surface area contributed by atoms with Gasteiger partial charge in [0.1, 0.15) is 0 Å². The highest BCUT2D eigenvalue weighted by Gasteiger charge is 2.19. The molecule has 0 atom stereocenters. The van der Waals surface area contributed by atoms with E-state index in [1.807, 2.05) is 40.8 Å². The van der Waals surface area contributed by atoms with Gasteiger partial charge in [-0.2, -0.15) is 5.10 Å². The van der Waals surface area contributed by atoms with Crippen molar-refractivity contribution in [1.29, 1.82) is 0 Å². The third kappa shape index (κ3) is 3.65. The lowest BCUT2D eigenvalue weighted by Gasteiger charge is -2.35. The first kappa shape index (κ1) is 17.9. The quantitative estimate of drug-likeness (QED) is 0.651. The number of benzene rings is 1. The van der Waals surface area contributed by atoms with E-state index in [4.69, 9.17) is 17.3 Å². The predicted octanol–water partition coefficient (Wildman–Crippen LogP) is 3.10. The standard InChI is InChI=1S/C20H24N6S/c1-16-5-3-4-6-18(16)19-22-26(20(27)23(19)2)15-24-11-13-25(14-12-24)17-7-9-21-10-8-17/h3-10H,11-15H2,1-2H3. The second-order valence-corrected chi connectivity index (χ2v) is 7.30. The van der Waals surface area contributed by atoms with Gasteiger partial charge in [0.25, 0.3) is 0 Å². The molecule has 0 unspecified atom stereocenters. The Morgan fingerprint density at radius 3 is 2.41 bits per heavy atom. The van der Waals surface area contributed by atoms with Crippen LogP contribution in [0.4, 0.5) is 5.69 Å². The number of rotatable bonds is 4. The van der Waals surface area contributed by atoms with Gasteiger partial charge in [0.05, 0.1) is 6.67 Å². The van der Waals surface area contributed by atoms with Crippen molar-refractivity contribution in [1.82, 2.24) is 24.2 Å². The maximum absolute atomic E-state index is 5.64. The Balaban J connectivity index is 1.47. The molecule has 0 aliphatic carbocycles. The van der Waals surface area contributed by atoms with E-state index in [0.29, 0.717) is 0 Å². The van der Waals surface area contributed by atoms with Crippen LogP contribution < -0.4 is 4.90 Å². The highest BCUT2D eigenvalue weighted by molar-refractivity contribution is 7.71. The fraction of sp³-hybridized carbons (Fsp3) is 0.350. The first-order valence-corrected chi connectivity index (χ1v) is 9.61. The van der Waals surface area contributed by atoms with Crippen molar-refractivity contribution in [3.8, 4) is 11.4 Å². The lowest BCUT2D eigenvalue weighted by molar-refractivity contribution is 0.194. The maximum atomic E-state index is 5.64. The Morgan fingerprint density at radius 2 is 1.70 bits per heavy atom. The van der Waals surface area contributed by atoms with Crippen LogP contribution in [0.1, 0.15) is 5.56 Å². The van der Waals surface area contributed by atoms with Crippen LogP contribution in [-0.4, -0.2) is 50.4 Å². The summed E-state index contributed by atoms with van der Waals surface area (Å²) in [7, 11) is 2.00. The fourth-order valence-electron chi connectivity index (χ4n) is 3.53. The van der Waals surface area contributed by atoms with Crippen molar-refractivity contribution < 1.29 is 0 Å². The first-order valence-electron chi connectivity index (χ1n) is 9.20. The van der Waals surface area contributed by atoms with Crippen LogP contribution >= 0.6 is 12.2 Å². The zero-order chi connectivity index (χ0) is 18.8. The minimum absolute atomic E-state index is 0.725. The fourth-order valence-corrected chi connectivity index (χ4v) is 3.72. The summed E-state index contributed by atoms with van der Waals surface area (Å²) in [5, 5.41) is 4.82. The van der Waals surface area contributed by atoms with Crippen molar-refractivity contribution in [2.24, 2.45) is 7.05 Å². The van der Waals surface area contributed by atoms with Gasteiger partial charge in [0.15, 0.2) is 10.6 Å². The number of aromatic nitrogens is 4. The lowest BCUT2D eigenvalue weighted by atomic mass is 10.1. The third-order valence-electron chi connectivity index (χ3n) is 5.16. The normalized spacial score (nSPS) is 15.3. The van der Waals surface area contributed by atoms with Crippen LogP contribution in [0.15, 0.2) is 48.8 Å². The van der Waals surface area contributed by atoms with Gasteiger partial charge in [-0.05, 0) is 36.8 Å². The van der Waals surface area contributed by atoms with Crippen LogP contribution in [0, 0.1) is 11.7 Å². The summed E-state index contributed by atoms with van der Waals surface area (Å²) in [6, 6.07) is 12.4. The largest absolute Gasteiger partial charge is 0.369 e. The highest BCUT2D eigenvalue weighted by atomic mass is 32.1. The minimum Gasteiger partial charge on any atom is -0.369 e. The minimum atomic E-state index is 0.725. The van der Waals surface area contributed by atoms with Gasteiger partial charge < -0.3 is 9.47 Å². The Bertz CT molecular complexity index is 970. The Labute approximate surface area is 164 Å². The summed E-state index contributed by atoms with van der Waals surface area (Å²) in [6.45, 7) is 6.79. The number of hydrogen-bond acceptors (Lipinski definition) is 5. The van der Waals surface area contributed by atoms with Crippen molar-refractivity contribution in [2.75, 3.05) is 31.1 Å². The molecule has 6 nitrogen and oxygen atoms in total. The molecule has 27 heavy (non-hydrogen) atoms. The summed E-state index contributed by atoms with van der Waals surface area (Å²) < 4.78 is 4.70. The Kier molecular flexibility index (Phi) is 5.05. The molecule has 140 valence electrons. The average Bonchev–Trinajstić information content (AvgIpc) is 2.98. The van der Waals surface area contributed by atoms with Crippen molar-refractivity contribution >= 4 is 17.9 Å². The van der Waals surface area contributed by atoms with Crippen molar-refractivity contribution in [3.63, 3.8) is 0 Å². The number of piperazine rings is 1. The molecule has 4 rings (SSSR count). The van der Waals surface area contributed by atoms with Gasteiger partial charge in [-0.15, -0.1) is 0 Å². The zero-order valence-electron chi connectivity index (χ0n) is 15.7. The zero-order valence-corrected chi connectivity index (χ0v) is 16.6. The monoisotopic (exact) mass is 380 g/mol. The molecule has 0 radical (unpaired) electrons. The molecule has 1 fully saturated rings. The van der Waals surface area contributed by atoms with Crippen molar-refractivity contribution in [3.05, 3.63) is 59.1 Å². The van der Waals surface area contributed by atoms with Crippen LogP contribution in [0.3, 0.4) is 0 Å². The molecule has 1 aliphatic heterocycles. The van der Waals surface area contributed by atoms with Crippen LogP contribution in [0.25, 0.3) is 11.4 Å². The molecule has 0 spiro atoms. The van der Waals surface area contributed by atoms with Gasteiger partial charge in [-0.3, -0.25) is 9.88 Å². The summed E-state index contributed by atoms with van der Waals surface area (Å²) >= 11 is 5.64. The number of pyridine rings is 1. The number of nitrogens with zero attached hydrogens (tertiary/aromatic N) is 6. The number of aryl methyl sites for hydroxylation is 1. The molecule has 1 aromatic carbocycles. The molecule has 0 N–H and O–H groups in total. The van der Waals surface area contributed by atoms with Crippen LogP contribution in [-0.2, 0) is 13.7 Å². The summed E-state index contributed by atoms with van der Waals surface area (Å²) in [5.74, 6) is 0.925. The van der Waals surface area contributed by atoms with Gasteiger partial charge >= 0.3 is 0 Å². The van der Waals surface area contributed by atoms with E-state index in [-0.39, 0.29) is 0 Å². The van der Waals surface area contributed by atoms with E-state index in [2.05, 4.69) is 46.0 Å². The molecule has 0 saturated carbocycles. The van der Waals surface area contributed by atoms with E-state index in [1.165, 1.54) is 11.3 Å². The van der Waals surface area contributed by atoms with E-state index in [0.717, 1.165) is 49.0 Å². The second-order valence-electron chi connectivity index (χ2n) is 6.93.